The number of benzene rings is 2. The summed E-state index contributed by atoms with van der Waals surface area (Å²) in [5.74, 6) is 0.113. The fourth-order valence-electron chi connectivity index (χ4n) is 4.12. The smallest absolute Gasteiger partial charge is 0.310 e. The van der Waals surface area contributed by atoms with Crippen LogP contribution < -0.4 is 5.73 Å². The van der Waals surface area contributed by atoms with Gasteiger partial charge in [-0.15, -0.1) is 0 Å². The van der Waals surface area contributed by atoms with Gasteiger partial charge in [-0.05, 0) is 48.1 Å². The molecule has 0 fully saturated rings. The first-order valence-corrected chi connectivity index (χ1v) is 12.8. The van der Waals surface area contributed by atoms with Crippen molar-refractivity contribution >= 4 is 29.5 Å². The van der Waals surface area contributed by atoms with Gasteiger partial charge in [-0.25, -0.2) is 4.99 Å². The predicted octanol–water partition coefficient (Wildman–Crippen LogP) is 4.64. The van der Waals surface area contributed by atoms with Gasteiger partial charge in [0.05, 0.1) is 18.7 Å². The highest BCUT2D eigenvalue weighted by Crippen LogP contribution is 2.32. The van der Waals surface area contributed by atoms with Gasteiger partial charge >= 0.3 is 5.97 Å². The maximum absolute atomic E-state index is 13.2. The number of esters is 1. The Bertz CT molecular complexity index is 1110. The van der Waals surface area contributed by atoms with Crippen molar-refractivity contribution in [2.45, 2.75) is 52.4 Å². The molecular weight excluding hydrogens is 454 g/mol. The highest BCUT2D eigenvalue weighted by atomic mass is 16.5. The minimum atomic E-state index is -0.211. The molecule has 3 N–H and O–H groups in total. The van der Waals surface area contributed by atoms with Gasteiger partial charge < -0.3 is 20.5 Å². The van der Waals surface area contributed by atoms with Crippen molar-refractivity contribution in [3.8, 4) is 11.1 Å². The molecule has 7 heteroatoms. The highest BCUT2D eigenvalue weighted by Gasteiger charge is 2.21. The normalized spacial score (nSPS) is 12.8. The molecule has 0 atom stereocenters. The second kappa shape index (κ2) is 13.6. The largest absolute Gasteiger partial charge is 0.465 e. The fourth-order valence-corrected chi connectivity index (χ4v) is 4.12. The molecule has 192 valence electrons. The van der Waals surface area contributed by atoms with E-state index in [2.05, 4.69) is 11.9 Å². The van der Waals surface area contributed by atoms with Gasteiger partial charge in [0.15, 0.2) is 0 Å². The van der Waals surface area contributed by atoms with Gasteiger partial charge in [0.2, 0.25) is 5.91 Å². The summed E-state index contributed by atoms with van der Waals surface area (Å²) < 4.78 is 5.25. The number of nitrogens with zero attached hydrogens (tertiary/aromatic N) is 2. The maximum atomic E-state index is 13.2. The van der Waals surface area contributed by atoms with Crippen LogP contribution in [-0.4, -0.2) is 54.0 Å². The number of hydrogen-bond donors (Lipinski definition) is 2. The SMILES string of the molecule is CCCCOC(=O)Cc1ccc(-c2ccc3c(c2)N=C(N)CC(C(=O)N(CCC)CCCO)=C3)cc1. The minimum absolute atomic E-state index is 0.0474. The van der Waals surface area contributed by atoms with E-state index in [1.807, 2.05) is 55.5 Å². The Balaban J connectivity index is 1.78. The van der Waals surface area contributed by atoms with Crippen LogP contribution >= 0.6 is 0 Å². The van der Waals surface area contributed by atoms with Crippen LogP contribution in [0.1, 0.15) is 57.1 Å². The molecule has 1 amide bonds. The molecule has 0 saturated carbocycles. The number of ether oxygens (including phenoxy) is 1. The molecule has 36 heavy (non-hydrogen) atoms. The lowest BCUT2D eigenvalue weighted by Gasteiger charge is -2.23. The number of amidine groups is 1. The molecule has 1 aliphatic heterocycles. The van der Waals surface area contributed by atoms with Crippen molar-refractivity contribution in [1.29, 1.82) is 0 Å². The second-order valence-corrected chi connectivity index (χ2v) is 9.04. The standard InChI is InChI=1S/C29H37N3O4/c1-3-5-16-36-28(34)17-21-7-9-22(10-8-21)23-11-12-24-18-25(20-27(30)31-26(24)19-23)29(35)32(13-4-2)14-6-15-33/h7-12,18-19,33H,3-6,13-17,20H2,1-2H3,(H2,30,31). The van der Waals surface area contributed by atoms with Gasteiger partial charge in [-0.2, -0.15) is 0 Å². The van der Waals surface area contributed by atoms with Crippen molar-refractivity contribution < 1.29 is 19.4 Å². The fraction of sp³-hybridized carbons (Fsp3) is 0.414. The number of aliphatic hydroxyl groups is 1. The average molecular weight is 492 g/mol. The molecule has 0 aromatic heterocycles. The van der Waals surface area contributed by atoms with E-state index in [9.17, 15) is 14.7 Å². The summed E-state index contributed by atoms with van der Waals surface area (Å²) in [5.41, 5.74) is 11.2. The third-order valence-electron chi connectivity index (χ3n) is 6.03. The van der Waals surface area contributed by atoms with Crippen LogP contribution in [0.5, 0.6) is 0 Å². The zero-order valence-corrected chi connectivity index (χ0v) is 21.3. The third kappa shape index (κ3) is 7.52. The van der Waals surface area contributed by atoms with Crippen LogP contribution in [0.15, 0.2) is 53.0 Å². The molecule has 0 aliphatic carbocycles. The van der Waals surface area contributed by atoms with Crippen LogP contribution in [-0.2, 0) is 20.7 Å². The number of amides is 1. The lowest BCUT2D eigenvalue weighted by molar-refractivity contribution is -0.142. The summed E-state index contributed by atoms with van der Waals surface area (Å²) in [6.07, 6.45) is 5.67. The average Bonchev–Trinajstić information content (AvgIpc) is 3.04. The molecule has 0 unspecified atom stereocenters. The Hall–Kier alpha value is -3.45. The molecule has 0 saturated heterocycles. The first-order valence-electron chi connectivity index (χ1n) is 12.8. The van der Waals surface area contributed by atoms with Gasteiger partial charge in [-0.3, -0.25) is 9.59 Å². The Morgan fingerprint density at radius 1 is 1.03 bits per heavy atom. The van der Waals surface area contributed by atoms with E-state index in [1.165, 1.54) is 0 Å². The van der Waals surface area contributed by atoms with Crippen molar-refractivity contribution in [1.82, 2.24) is 4.90 Å². The summed E-state index contributed by atoms with van der Waals surface area (Å²) in [7, 11) is 0. The second-order valence-electron chi connectivity index (χ2n) is 9.04. The van der Waals surface area contributed by atoms with E-state index in [1.54, 1.807) is 4.90 Å². The summed E-state index contributed by atoms with van der Waals surface area (Å²) in [6, 6.07) is 13.8. The zero-order valence-electron chi connectivity index (χ0n) is 21.3. The molecule has 0 spiro atoms. The van der Waals surface area contributed by atoms with E-state index in [0.717, 1.165) is 41.5 Å². The molecule has 0 bridgehead atoms. The van der Waals surface area contributed by atoms with E-state index in [-0.39, 0.29) is 31.3 Å². The minimum Gasteiger partial charge on any atom is -0.465 e. The van der Waals surface area contributed by atoms with Crippen LogP contribution in [0.4, 0.5) is 5.69 Å². The zero-order chi connectivity index (χ0) is 25.9. The van der Waals surface area contributed by atoms with Crippen LogP contribution in [0.25, 0.3) is 17.2 Å². The summed E-state index contributed by atoms with van der Waals surface area (Å²) >= 11 is 0. The molecule has 3 rings (SSSR count). The number of hydrogen-bond acceptors (Lipinski definition) is 6. The molecule has 7 nitrogen and oxygen atoms in total. The molecule has 2 aromatic carbocycles. The third-order valence-corrected chi connectivity index (χ3v) is 6.03. The van der Waals surface area contributed by atoms with Crippen LogP contribution in [0.3, 0.4) is 0 Å². The van der Waals surface area contributed by atoms with E-state index < -0.39 is 0 Å². The quantitative estimate of drug-likeness (QED) is 0.333. The Kier molecular flexibility index (Phi) is 10.2. The van der Waals surface area contributed by atoms with Crippen LogP contribution in [0.2, 0.25) is 0 Å². The Morgan fingerprint density at radius 2 is 1.78 bits per heavy atom. The topological polar surface area (TPSA) is 105 Å². The number of aliphatic hydroxyl groups excluding tert-OH is 1. The molecule has 1 heterocycles. The van der Waals surface area contributed by atoms with Gasteiger partial charge in [0.1, 0.15) is 5.84 Å². The van der Waals surface area contributed by atoms with Gasteiger partial charge in [0.25, 0.3) is 0 Å². The Morgan fingerprint density at radius 3 is 2.47 bits per heavy atom. The summed E-state index contributed by atoms with van der Waals surface area (Å²) in [6.45, 7) is 5.74. The molecule has 1 aliphatic rings. The number of unbranched alkanes of at least 4 members (excludes halogenated alkanes) is 1. The van der Waals surface area contributed by atoms with E-state index in [0.29, 0.717) is 43.2 Å². The number of fused-ring (bicyclic) bond motifs is 1. The molecular formula is C29H37N3O4. The van der Waals surface area contributed by atoms with Gasteiger partial charge in [0, 0.05) is 37.3 Å². The first-order chi connectivity index (χ1) is 17.4. The number of nitrogens with two attached hydrogens (primary N) is 1. The summed E-state index contributed by atoms with van der Waals surface area (Å²) in [5, 5.41) is 9.19. The number of carbonyl (C=O) groups excluding carboxylic acids is 2. The highest BCUT2D eigenvalue weighted by molar-refractivity contribution is 6.05. The molecule has 2 aromatic rings. The lowest BCUT2D eigenvalue weighted by Crippen LogP contribution is -2.35. The van der Waals surface area contributed by atoms with Crippen LogP contribution in [0, 0.1) is 0 Å². The summed E-state index contributed by atoms with van der Waals surface area (Å²) in [4.78, 5) is 31.5. The monoisotopic (exact) mass is 491 g/mol. The number of aliphatic imine (C=N–C) groups is 1. The van der Waals surface area contributed by atoms with Crippen molar-refractivity contribution in [2.75, 3.05) is 26.3 Å². The Labute approximate surface area is 213 Å². The number of carbonyl (C=O) groups is 2. The van der Waals surface area contributed by atoms with E-state index >= 15 is 0 Å². The van der Waals surface area contributed by atoms with Crippen molar-refractivity contribution in [3.05, 3.63) is 59.2 Å². The van der Waals surface area contributed by atoms with Gasteiger partial charge in [-0.1, -0.05) is 56.7 Å². The first kappa shape index (κ1) is 27.1. The van der Waals surface area contributed by atoms with E-state index in [4.69, 9.17) is 10.5 Å². The maximum Gasteiger partial charge on any atom is 0.310 e. The van der Waals surface area contributed by atoms with Crippen molar-refractivity contribution in [3.63, 3.8) is 0 Å². The molecule has 0 radical (unpaired) electrons. The predicted molar refractivity (Wildman–Crippen MR) is 144 cm³/mol. The number of rotatable bonds is 12. The lowest BCUT2D eigenvalue weighted by atomic mass is 9.99. The van der Waals surface area contributed by atoms with Crippen molar-refractivity contribution in [2.24, 2.45) is 10.7 Å².